The Morgan fingerprint density at radius 2 is 1.94 bits per heavy atom. The van der Waals surface area contributed by atoms with Crippen LogP contribution >= 0.6 is 11.3 Å². The number of hydrogen-bond acceptors (Lipinski definition) is 7. The molecule has 2 aromatic carbocycles. The molecule has 1 aromatic heterocycles. The van der Waals surface area contributed by atoms with Crippen molar-refractivity contribution in [2.75, 3.05) is 20.2 Å². The molecule has 168 valence electrons. The number of ether oxygens (including phenoxy) is 2. The monoisotopic (exact) mass is 456 g/mol. The molecule has 0 radical (unpaired) electrons. The fourth-order valence-electron chi connectivity index (χ4n) is 4.25. The largest absolute Gasteiger partial charge is 0.497 e. The van der Waals surface area contributed by atoms with Gasteiger partial charge < -0.3 is 14.4 Å². The lowest BCUT2D eigenvalue weighted by molar-refractivity contribution is -0.135. The van der Waals surface area contributed by atoms with Crippen LogP contribution in [0.5, 0.6) is 10.9 Å². The minimum Gasteiger partial charge on any atom is -0.497 e. The highest BCUT2D eigenvalue weighted by atomic mass is 32.1. The van der Waals surface area contributed by atoms with Gasteiger partial charge in [0.15, 0.2) is 0 Å². The van der Waals surface area contributed by atoms with Gasteiger partial charge in [0.05, 0.1) is 17.3 Å². The zero-order valence-electron chi connectivity index (χ0n) is 17.7. The normalized spacial score (nSPS) is 21.8. The summed E-state index contributed by atoms with van der Waals surface area (Å²) < 4.78 is 25.6. The number of aromatic nitrogens is 1. The molecule has 0 aliphatic carbocycles. The Balaban J connectivity index is 1.13. The van der Waals surface area contributed by atoms with Crippen molar-refractivity contribution in [3.05, 3.63) is 53.8 Å². The molecule has 2 aliphatic heterocycles. The number of likely N-dealkylation sites (tertiary alicyclic amines) is 1. The lowest BCUT2D eigenvalue weighted by Crippen LogP contribution is -2.49. The predicted molar refractivity (Wildman–Crippen MR) is 120 cm³/mol. The molecule has 2 saturated heterocycles. The van der Waals surface area contributed by atoms with Crippen LogP contribution in [0.3, 0.4) is 0 Å². The smallest absolute Gasteiger partial charge is 0.274 e. The van der Waals surface area contributed by atoms with Crippen LogP contribution in [0.4, 0.5) is 4.39 Å². The summed E-state index contributed by atoms with van der Waals surface area (Å²) in [5, 5.41) is 0.654. The van der Waals surface area contributed by atoms with Crippen LogP contribution in [0.2, 0.25) is 0 Å². The van der Waals surface area contributed by atoms with Crippen molar-refractivity contribution in [2.45, 2.75) is 37.5 Å². The quantitative estimate of drug-likeness (QED) is 0.613. The highest BCUT2D eigenvalue weighted by Crippen LogP contribution is 2.32. The Labute approximate surface area is 189 Å². The average molecular weight is 457 g/mol. The van der Waals surface area contributed by atoms with Crippen molar-refractivity contribution >= 4 is 27.5 Å². The third-order valence-electron chi connectivity index (χ3n) is 6.07. The van der Waals surface area contributed by atoms with Crippen LogP contribution in [0.25, 0.3) is 10.2 Å². The maximum atomic E-state index is 13.2. The van der Waals surface area contributed by atoms with Crippen LogP contribution < -0.4 is 20.3 Å². The second-order valence-electron chi connectivity index (χ2n) is 8.14. The first kappa shape index (κ1) is 21.1. The molecule has 9 heteroatoms. The van der Waals surface area contributed by atoms with Gasteiger partial charge in [-0.05, 0) is 42.3 Å². The summed E-state index contributed by atoms with van der Waals surface area (Å²) >= 11 is 1.51. The summed E-state index contributed by atoms with van der Waals surface area (Å²) in [6, 6.07) is 11.9. The van der Waals surface area contributed by atoms with E-state index in [9.17, 15) is 9.18 Å². The summed E-state index contributed by atoms with van der Waals surface area (Å²) in [7, 11) is 1.65. The number of nitrogens with zero attached hydrogens (tertiary/aromatic N) is 2. The molecular weight excluding hydrogens is 431 g/mol. The number of benzene rings is 2. The Bertz CT molecular complexity index is 1100. The van der Waals surface area contributed by atoms with Crippen molar-refractivity contribution in [3.8, 4) is 10.9 Å². The molecule has 2 N–H and O–H groups in total. The molecule has 32 heavy (non-hydrogen) atoms. The van der Waals surface area contributed by atoms with E-state index < -0.39 is 0 Å². The minimum absolute atomic E-state index is 0.0110. The van der Waals surface area contributed by atoms with Gasteiger partial charge in [-0.2, -0.15) is 0 Å². The van der Waals surface area contributed by atoms with Gasteiger partial charge in [-0.1, -0.05) is 23.5 Å². The molecule has 7 nitrogen and oxygen atoms in total. The minimum atomic E-state index is -0.290. The second kappa shape index (κ2) is 9.01. The zero-order chi connectivity index (χ0) is 22.1. The van der Waals surface area contributed by atoms with Gasteiger partial charge in [0.1, 0.15) is 23.7 Å². The maximum absolute atomic E-state index is 13.2. The van der Waals surface area contributed by atoms with E-state index in [1.807, 2.05) is 23.1 Å². The van der Waals surface area contributed by atoms with Gasteiger partial charge in [0, 0.05) is 32.0 Å². The number of hydrazine groups is 1. The number of piperidine rings is 1. The highest BCUT2D eigenvalue weighted by Gasteiger charge is 2.34. The van der Waals surface area contributed by atoms with Gasteiger partial charge in [0.2, 0.25) is 5.91 Å². The molecule has 2 fully saturated rings. The fraction of sp³-hybridized carbons (Fsp3) is 0.391. The van der Waals surface area contributed by atoms with E-state index in [1.165, 1.54) is 23.5 Å². The SMILES string of the molecule is COc1ccc2nc(OC3CCN(C(=O)C4CC(c5ccc(F)cc5)NN4)CC3)sc2c1. The first-order chi connectivity index (χ1) is 15.6. The number of amides is 1. The topological polar surface area (TPSA) is 75.7 Å². The predicted octanol–water partition coefficient (Wildman–Crippen LogP) is 3.42. The molecule has 3 heterocycles. The van der Waals surface area contributed by atoms with Crippen molar-refractivity contribution in [2.24, 2.45) is 0 Å². The van der Waals surface area contributed by atoms with E-state index in [0.717, 1.165) is 34.4 Å². The third kappa shape index (κ3) is 4.41. The number of rotatable bonds is 5. The number of nitrogens with one attached hydrogen (secondary N) is 2. The average Bonchev–Trinajstić information content (AvgIpc) is 3.46. The lowest BCUT2D eigenvalue weighted by atomic mass is 10.0. The van der Waals surface area contributed by atoms with Crippen LogP contribution in [-0.4, -0.2) is 48.1 Å². The summed E-state index contributed by atoms with van der Waals surface area (Å²) in [6.45, 7) is 1.31. The van der Waals surface area contributed by atoms with Crippen LogP contribution in [-0.2, 0) is 4.79 Å². The molecular formula is C23H25FN4O3S. The molecule has 2 atom stereocenters. The molecule has 0 spiro atoms. The standard InChI is InChI=1S/C23H25FN4O3S/c1-30-17-6-7-18-21(12-17)32-23(25-18)31-16-8-10-28(11-9-16)22(29)20-13-19(26-27-20)14-2-4-15(24)5-3-14/h2-7,12,16,19-20,26-27H,8-11,13H2,1H3. The van der Waals surface area contributed by atoms with E-state index >= 15 is 0 Å². The van der Waals surface area contributed by atoms with Gasteiger partial charge in [0.25, 0.3) is 5.19 Å². The van der Waals surface area contributed by atoms with Gasteiger partial charge in [-0.3, -0.25) is 4.79 Å². The van der Waals surface area contributed by atoms with E-state index in [0.29, 0.717) is 24.7 Å². The molecule has 0 bridgehead atoms. The summed E-state index contributed by atoms with van der Waals surface area (Å²) in [5.74, 6) is 0.631. The third-order valence-corrected chi connectivity index (χ3v) is 6.98. The molecule has 0 saturated carbocycles. The molecule has 3 aromatic rings. The second-order valence-corrected chi connectivity index (χ2v) is 9.13. The Hall–Kier alpha value is -2.75. The van der Waals surface area contributed by atoms with Crippen LogP contribution in [0.1, 0.15) is 30.9 Å². The first-order valence-corrected chi connectivity index (χ1v) is 11.6. The number of fused-ring (bicyclic) bond motifs is 1. The van der Waals surface area contributed by atoms with Gasteiger partial charge in [-0.25, -0.2) is 20.2 Å². The zero-order valence-corrected chi connectivity index (χ0v) is 18.5. The van der Waals surface area contributed by atoms with E-state index in [4.69, 9.17) is 9.47 Å². The summed E-state index contributed by atoms with van der Waals surface area (Å²) in [4.78, 5) is 19.4. The Morgan fingerprint density at radius 1 is 1.16 bits per heavy atom. The van der Waals surface area contributed by atoms with Crippen molar-refractivity contribution < 1.29 is 18.7 Å². The number of methoxy groups -OCH3 is 1. The van der Waals surface area contributed by atoms with E-state index in [-0.39, 0.29) is 29.9 Å². The van der Waals surface area contributed by atoms with Crippen LogP contribution in [0.15, 0.2) is 42.5 Å². The molecule has 5 rings (SSSR count). The Morgan fingerprint density at radius 3 is 2.69 bits per heavy atom. The lowest BCUT2D eigenvalue weighted by Gasteiger charge is -2.33. The summed E-state index contributed by atoms with van der Waals surface area (Å²) in [6.07, 6.45) is 2.22. The van der Waals surface area contributed by atoms with Crippen molar-refractivity contribution in [1.82, 2.24) is 20.7 Å². The number of thiazole rings is 1. The molecule has 2 aliphatic rings. The number of carbonyl (C=O) groups excluding carboxylic acids is 1. The van der Waals surface area contributed by atoms with Gasteiger partial charge in [-0.15, -0.1) is 0 Å². The summed E-state index contributed by atoms with van der Waals surface area (Å²) in [5.41, 5.74) is 8.14. The van der Waals surface area contributed by atoms with E-state index in [1.54, 1.807) is 19.2 Å². The molecule has 1 amide bonds. The fourth-order valence-corrected chi connectivity index (χ4v) is 5.16. The number of carbonyl (C=O) groups is 1. The molecule has 2 unspecified atom stereocenters. The number of halogens is 1. The van der Waals surface area contributed by atoms with Crippen molar-refractivity contribution in [3.63, 3.8) is 0 Å². The first-order valence-electron chi connectivity index (χ1n) is 10.8. The van der Waals surface area contributed by atoms with E-state index in [2.05, 4.69) is 15.8 Å². The van der Waals surface area contributed by atoms with Crippen LogP contribution in [0, 0.1) is 5.82 Å². The number of hydrogen-bond donors (Lipinski definition) is 2. The van der Waals surface area contributed by atoms with Crippen molar-refractivity contribution in [1.29, 1.82) is 0 Å². The highest BCUT2D eigenvalue weighted by molar-refractivity contribution is 7.20. The van der Waals surface area contributed by atoms with Gasteiger partial charge >= 0.3 is 0 Å². The maximum Gasteiger partial charge on any atom is 0.274 e. The Kier molecular flexibility index (Phi) is 5.95.